The number of carbonyl (C=O) groups excluding carboxylic acids is 1. The SMILES string of the molecule is CN=C(NCc1cccc(OCC(=O)NC2CC2)c1)N(C)CCOc1ccc(Cl)cc1.I. The first-order valence-corrected chi connectivity index (χ1v) is 10.7. The summed E-state index contributed by atoms with van der Waals surface area (Å²) in [5.41, 5.74) is 1.03. The van der Waals surface area contributed by atoms with Gasteiger partial charge in [-0.1, -0.05) is 23.7 Å². The van der Waals surface area contributed by atoms with Crippen LogP contribution in [0.1, 0.15) is 18.4 Å². The van der Waals surface area contributed by atoms with Gasteiger partial charge in [-0.15, -0.1) is 24.0 Å². The van der Waals surface area contributed by atoms with Crippen molar-refractivity contribution in [2.24, 2.45) is 4.99 Å². The van der Waals surface area contributed by atoms with Gasteiger partial charge in [-0.05, 0) is 54.8 Å². The quantitative estimate of drug-likeness (QED) is 0.258. The van der Waals surface area contributed by atoms with Gasteiger partial charge in [-0.2, -0.15) is 0 Å². The van der Waals surface area contributed by atoms with E-state index < -0.39 is 0 Å². The lowest BCUT2D eigenvalue weighted by Gasteiger charge is -2.22. The number of hydrogen-bond donors (Lipinski definition) is 2. The molecule has 0 aliphatic heterocycles. The number of benzene rings is 2. The van der Waals surface area contributed by atoms with E-state index in [2.05, 4.69) is 15.6 Å². The van der Waals surface area contributed by atoms with Crippen molar-refractivity contribution < 1.29 is 14.3 Å². The standard InChI is InChI=1S/C23H29ClN4O3.HI/c1-25-23(28(2)12-13-30-20-10-6-18(24)7-11-20)26-15-17-4-3-5-21(14-17)31-16-22(29)27-19-8-9-19;/h3-7,10-11,14,19H,8-9,12-13,15-16H2,1-2H3,(H,25,26)(H,27,29);1H. The average molecular weight is 573 g/mol. The number of guanidine groups is 1. The summed E-state index contributed by atoms with van der Waals surface area (Å²) in [5.74, 6) is 2.14. The van der Waals surface area contributed by atoms with Gasteiger partial charge in [0.05, 0.1) is 6.54 Å². The molecule has 2 aromatic carbocycles. The minimum Gasteiger partial charge on any atom is -0.492 e. The number of aliphatic imine (C=N–C) groups is 1. The van der Waals surface area contributed by atoms with Gasteiger partial charge in [0.1, 0.15) is 18.1 Å². The molecule has 1 aliphatic rings. The third-order valence-electron chi connectivity index (χ3n) is 4.74. The molecule has 2 N–H and O–H groups in total. The molecule has 0 bridgehead atoms. The third-order valence-corrected chi connectivity index (χ3v) is 5.00. The Balaban J connectivity index is 0.00000363. The molecule has 0 aromatic heterocycles. The van der Waals surface area contributed by atoms with Gasteiger partial charge in [0.2, 0.25) is 0 Å². The van der Waals surface area contributed by atoms with Crippen LogP contribution in [-0.2, 0) is 11.3 Å². The molecule has 32 heavy (non-hydrogen) atoms. The summed E-state index contributed by atoms with van der Waals surface area (Å²) in [4.78, 5) is 18.1. The minimum atomic E-state index is -0.0751. The topological polar surface area (TPSA) is 75.2 Å². The van der Waals surface area contributed by atoms with Gasteiger partial charge < -0.3 is 25.0 Å². The molecule has 1 aliphatic carbocycles. The van der Waals surface area contributed by atoms with Gasteiger partial charge in [0, 0.05) is 31.7 Å². The number of nitrogens with one attached hydrogen (secondary N) is 2. The van der Waals surface area contributed by atoms with Crippen molar-refractivity contribution in [1.29, 1.82) is 0 Å². The average Bonchev–Trinajstić information content (AvgIpc) is 3.58. The van der Waals surface area contributed by atoms with Crippen molar-refractivity contribution in [3.8, 4) is 11.5 Å². The highest BCUT2D eigenvalue weighted by atomic mass is 127. The Morgan fingerprint density at radius 2 is 1.91 bits per heavy atom. The summed E-state index contributed by atoms with van der Waals surface area (Å²) in [5, 5.41) is 6.94. The van der Waals surface area contributed by atoms with E-state index in [0.29, 0.717) is 36.5 Å². The number of likely N-dealkylation sites (N-methyl/N-ethyl adjacent to an activating group) is 1. The molecule has 0 spiro atoms. The highest BCUT2D eigenvalue weighted by molar-refractivity contribution is 14.0. The van der Waals surface area contributed by atoms with Crippen molar-refractivity contribution in [2.45, 2.75) is 25.4 Å². The van der Waals surface area contributed by atoms with Gasteiger partial charge in [0.25, 0.3) is 5.91 Å². The largest absolute Gasteiger partial charge is 0.492 e. The van der Waals surface area contributed by atoms with Crippen LogP contribution in [0.3, 0.4) is 0 Å². The highest BCUT2D eigenvalue weighted by Gasteiger charge is 2.23. The number of halogens is 2. The number of nitrogens with zero attached hydrogens (tertiary/aromatic N) is 2. The first kappa shape index (κ1) is 26.1. The summed E-state index contributed by atoms with van der Waals surface area (Å²) < 4.78 is 11.4. The summed E-state index contributed by atoms with van der Waals surface area (Å²) >= 11 is 5.89. The molecule has 0 heterocycles. The van der Waals surface area contributed by atoms with Crippen molar-refractivity contribution in [1.82, 2.24) is 15.5 Å². The smallest absolute Gasteiger partial charge is 0.258 e. The van der Waals surface area contributed by atoms with E-state index in [1.165, 1.54) is 0 Å². The van der Waals surface area contributed by atoms with Crippen molar-refractivity contribution in [3.05, 3.63) is 59.1 Å². The normalized spacial score (nSPS) is 13.0. The van der Waals surface area contributed by atoms with E-state index in [-0.39, 0.29) is 36.5 Å². The van der Waals surface area contributed by atoms with E-state index in [1.807, 2.05) is 48.3 Å². The molecule has 2 aromatic rings. The summed E-state index contributed by atoms with van der Waals surface area (Å²) in [6.45, 7) is 1.80. The molecule has 0 unspecified atom stereocenters. The van der Waals surface area contributed by atoms with Crippen molar-refractivity contribution in [3.63, 3.8) is 0 Å². The Morgan fingerprint density at radius 3 is 2.59 bits per heavy atom. The van der Waals surface area contributed by atoms with Crippen molar-refractivity contribution >= 4 is 47.4 Å². The maximum Gasteiger partial charge on any atom is 0.258 e. The zero-order chi connectivity index (χ0) is 22.1. The Morgan fingerprint density at radius 1 is 1.16 bits per heavy atom. The first-order chi connectivity index (χ1) is 15.0. The Bertz CT molecular complexity index is 891. The number of rotatable bonds is 10. The second-order valence-corrected chi connectivity index (χ2v) is 7.84. The van der Waals surface area contributed by atoms with Gasteiger partial charge >= 0.3 is 0 Å². The van der Waals surface area contributed by atoms with Crippen LogP contribution in [0.25, 0.3) is 0 Å². The molecule has 7 nitrogen and oxygen atoms in total. The molecule has 3 rings (SSSR count). The number of ether oxygens (including phenoxy) is 2. The Kier molecular flexibility index (Phi) is 10.9. The second-order valence-electron chi connectivity index (χ2n) is 7.40. The maximum atomic E-state index is 11.8. The molecule has 0 atom stereocenters. The summed E-state index contributed by atoms with van der Waals surface area (Å²) in [6, 6.07) is 15.3. The highest BCUT2D eigenvalue weighted by Crippen LogP contribution is 2.19. The molecule has 1 fully saturated rings. The lowest BCUT2D eigenvalue weighted by molar-refractivity contribution is -0.123. The van der Waals surface area contributed by atoms with Gasteiger partial charge in [0.15, 0.2) is 12.6 Å². The van der Waals surface area contributed by atoms with E-state index >= 15 is 0 Å². The van der Waals surface area contributed by atoms with Crippen LogP contribution in [-0.4, -0.2) is 56.7 Å². The van der Waals surface area contributed by atoms with Crippen LogP contribution in [0.15, 0.2) is 53.5 Å². The number of amides is 1. The second kappa shape index (κ2) is 13.4. The van der Waals surface area contributed by atoms with Crippen LogP contribution in [0.4, 0.5) is 0 Å². The predicted octanol–water partition coefficient (Wildman–Crippen LogP) is 3.70. The van der Waals surface area contributed by atoms with E-state index in [1.54, 1.807) is 19.2 Å². The molecule has 9 heteroatoms. The van der Waals surface area contributed by atoms with Crippen LogP contribution in [0.2, 0.25) is 5.02 Å². The molecule has 174 valence electrons. The van der Waals surface area contributed by atoms with E-state index in [9.17, 15) is 4.79 Å². The zero-order valence-corrected chi connectivity index (χ0v) is 21.4. The molecule has 0 radical (unpaired) electrons. The van der Waals surface area contributed by atoms with Gasteiger partial charge in [-0.3, -0.25) is 9.79 Å². The fourth-order valence-electron chi connectivity index (χ4n) is 2.89. The lowest BCUT2D eigenvalue weighted by Crippen LogP contribution is -2.40. The third kappa shape index (κ3) is 9.12. The Hall–Kier alpha value is -2.20. The zero-order valence-electron chi connectivity index (χ0n) is 18.3. The van der Waals surface area contributed by atoms with Crippen LogP contribution >= 0.6 is 35.6 Å². The molecule has 1 amide bonds. The Labute approximate surface area is 211 Å². The monoisotopic (exact) mass is 572 g/mol. The van der Waals surface area contributed by atoms with Crippen LogP contribution in [0, 0.1) is 0 Å². The molecule has 1 saturated carbocycles. The maximum absolute atomic E-state index is 11.8. The fraction of sp³-hybridized carbons (Fsp3) is 0.391. The number of hydrogen-bond acceptors (Lipinski definition) is 4. The predicted molar refractivity (Wildman–Crippen MR) is 138 cm³/mol. The van der Waals surface area contributed by atoms with Gasteiger partial charge in [-0.25, -0.2) is 0 Å². The first-order valence-electron chi connectivity index (χ1n) is 10.3. The molecular formula is C23H30ClIN4O3. The van der Waals surface area contributed by atoms with Crippen molar-refractivity contribution in [2.75, 3.05) is 33.9 Å². The van der Waals surface area contributed by atoms with Crippen LogP contribution < -0.4 is 20.1 Å². The summed E-state index contributed by atoms with van der Waals surface area (Å²) in [7, 11) is 3.70. The van der Waals surface area contributed by atoms with Crippen LogP contribution in [0.5, 0.6) is 11.5 Å². The lowest BCUT2D eigenvalue weighted by atomic mass is 10.2. The number of carbonyl (C=O) groups is 1. The van der Waals surface area contributed by atoms with E-state index in [0.717, 1.165) is 30.1 Å². The molecular weight excluding hydrogens is 543 g/mol. The molecule has 0 saturated heterocycles. The minimum absolute atomic E-state index is 0. The van der Waals surface area contributed by atoms with E-state index in [4.69, 9.17) is 21.1 Å². The fourth-order valence-corrected chi connectivity index (χ4v) is 3.02. The summed E-state index contributed by atoms with van der Waals surface area (Å²) in [6.07, 6.45) is 2.13.